The van der Waals surface area contributed by atoms with Crippen molar-refractivity contribution in [3.05, 3.63) is 100 Å². The highest BCUT2D eigenvalue weighted by atomic mass is 35.5. The number of Topliss-reactive ketones (excluding diaryl/α,β-unsaturated/α-hetero) is 1. The van der Waals surface area contributed by atoms with Crippen LogP contribution in [0.5, 0.6) is 0 Å². The maximum absolute atomic E-state index is 15.7. The molecular formula is C37H43ClFN3O6S. The van der Waals surface area contributed by atoms with Crippen LogP contribution in [0.15, 0.2) is 77.7 Å². The van der Waals surface area contributed by atoms with Gasteiger partial charge >= 0.3 is 6.09 Å². The predicted molar refractivity (Wildman–Crippen MR) is 185 cm³/mol. The standard InChI is InChI=1S/C37H43ClFN3O6S/c1-47-36(44)41-35(34(26-16-20-48-21-17-26)25-10-12-28(38)13-11-25)33(43)22-27-6-5-9-32(39)31(27)15-14-29-23-40-24-37(18-19-37)42(29)49(45,46)30-7-3-2-4-8-30/h2-13,26,29,34-35,40H,14-24H2,1H3,(H,41,44)/t29-,34-,35+/m0/s1. The predicted octanol–water partition coefficient (Wildman–Crippen LogP) is 5.65. The van der Waals surface area contributed by atoms with E-state index in [0.29, 0.717) is 61.7 Å². The van der Waals surface area contributed by atoms with Crippen molar-refractivity contribution in [1.29, 1.82) is 0 Å². The highest BCUT2D eigenvalue weighted by Gasteiger charge is 2.57. The molecule has 3 aromatic rings. The van der Waals surface area contributed by atoms with Gasteiger partial charge in [0.05, 0.1) is 18.0 Å². The number of methoxy groups -OCH3 is 1. The van der Waals surface area contributed by atoms with Crippen LogP contribution in [0, 0.1) is 11.7 Å². The Balaban J connectivity index is 1.27. The summed E-state index contributed by atoms with van der Waals surface area (Å²) in [5.74, 6) is -1.11. The summed E-state index contributed by atoms with van der Waals surface area (Å²) in [7, 11) is -2.55. The number of amides is 1. The third-order valence-corrected chi connectivity index (χ3v) is 12.6. The van der Waals surface area contributed by atoms with Gasteiger partial charge in [0.25, 0.3) is 0 Å². The van der Waals surface area contributed by atoms with E-state index in [2.05, 4.69) is 10.6 Å². The lowest BCUT2D eigenvalue weighted by atomic mass is 9.74. The number of carbonyl (C=O) groups excluding carboxylic acids is 2. The Morgan fingerprint density at radius 2 is 1.78 bits per heavy atom. The first-order chi connectivity index (χ1) is 23.6. The molecule has 0 bridgehead atoms. The molecule has 2 N–H and O–H groups in total. The van der Waals surface area contributed by atoms with Gasteiger partial charge in [0.15, 0.2) is 5.78 Å². The Labute approximate surface area is 292 Å². The smallest absolute Gasteiger partial charge is 0.407 e. The van der Waals surface area contributed by atoms with E-state index in [0.717, 1.165) is 18.4 Å². The lowest BCUT2D eigenvalue weighted by molar-refractivity contribution is -0.121. The van der Waals surface area contributed by atoms with E-state index in [1.54, 1.807) is 58.9 Å². The van der Waals surface area contributed by atoms with Gasteiger partial charge in [-0.2, -0.15) is 4.31 Å². The molecule has 2 heterocycles. The molecule has 3 aliphatic rings. The van der Waals surface area contributed by atoms with E-state index in [-0.39, 0.29) is 29.4 Å². The largest absolute Gasteiger partial charge is 0.453 e. The molecule has 1 amide bonds. The van der Waals surface area contributed by atoms with Gasteiger partial charge in [-0.3, -0.25) is 4.79 Å². The fraction of sp³-hybridized carbons (Fsp3) is 0.459. The molecule has 3 aromatic carbocycles. The third kappa shape index (κ3) is 7.86. The van der Waals surface area contributed by atoms with Gasteiger partial charge in [-0.05, 0) is 91.5 Å². The Bertz CT molecular complexity index is 1730. The Kier molecular flexibility index (Phi) is 11.1. The first kappa shape index (κ1) is 35.5. The van der Waals surface area contributed by atoms with E-state index in [9.17, 15) is 18.0 Å². The van der Waals surface area contributed by atoms with Crippen molar-refractivity contribution in [3.8, 4) is 0 Å². The second-order valence-electron chi connectivity index (χ2n) is 13.3. The number of benzene rings is 3. The zero-order valence-electron chi connectivity index (χ0n) is 27.6. The summed E-state index contributed by atoms with van der Waals surface area (Å²) in [5.41, 5.74) is 1.24. The minimum absolute atomic E-state index is 0.0269. The van der Waals surface area contributed by atoms with Crippen LogP contribution in [0.4, 0.5) is 9.18 Å². The van der Waals surface area contributed by atoms with Gasteiger partial charge in [0.2, 0.25) is 10.0 Å². The second-order valence-corrected chi connectivity index (χ2v) is 15.6. The fourth-order valence-corrected chi connectivity index (χ4v) is 9.83. The minimum atomic E-state index is -3.80. The maximum atomic E-state index is 15.7. The molecule has 12 heteroatoms. The lowest BCUT2D eigenvalue weighted by Gasteiger charge is -2.42. The van der Waals surface area contributed by atoms with E-state index >= 15 is 4.39 Å². The molecule has 1 spiro atoms. The highest BCUT2D eigenvalue weighted by Crippen LogP contribution is 2.47. The number of nitrogens with zero attached hydrogens (tertiary/aromatic N) is 1. The Hall–Kier alpha value is -3.35. The highest BCUT2D eigenvalue weighted by molar-refractivity contribution is 7.89. The molecule has 0 unspecified atom stereocenters. The van der Waals surface area contributed by atoms with Crippen molar-refractivity contribution in [3.63, 3.8) is 0 Å². The molecule has 49 heavy (non-hydrogen) atoms. The average Bonchev–Trinajstić information content (AvgIpc) is 3.87. The van der Waals surface area contributed by atoms with Crippen LogP contribution >= 0.6 is 11.6 Å². The summed E-state index contributed by atoms with van der Waals surface area (Å²) in [4.78, 5) is 27.3. The lowest BCUT2D eigenvalue weighted by Crippen LogP contribution is -2.61. The van der Waals surface area contributed by atoms with Crippen molar-refractivity contribution in [2.24, 2.45) is 5.92 Å². The number of hydrogen-bond donors (Lipinski definition) is 2. The molecule has 3 fully saturated rings. The van der Waals surface area contributed by atoms with Crippen LogP contribution in [0.25, 0.3) is 0 Å². The van der Waals surface area contributed by atoms with E-state index in [1.165, 1.54) is 13.2 Å². The normalized spacial score (nSPS) is 20.8. The molecule has 0 radical (unpaired) electrons. The van der Waals surface area contributed by atoms with Crippen molar-refractivity contribution < 1.29 is 31.9 Å². The minimum Gasteiger partial charge on any atom is -0.453 e. The SMILES string of the molecule is COC(=O)N[C@H](C(=O)Cc1cccc(F)c1CC[C@H]1CNCC2(CC2)N1S(=O)(=O)c1ccccc1)[C@@H](c1ccc(Cl)cc1)C1CCOCC1. The molecule has 0 aromatic heterocycles. The second kappa shape index (κ2) is 15.3. The number of ether oxygens (including phenoxy) is 2. The van der Waals surface area contributed by atoms with Crippen molar-refractivity contribution in [2.75, 3.05) is 33.4 Å². The topological polar surface area (TPSA) is 114 Å². The van der Waals surface area contributed by atoms with Crippen LogP contribution < -0.4 is 10.6 Å². The molecule has 2 aliphatic heterocycles. The number of rotatable bonds is 12. The molecule has 2 saturated heterocycles. The number of ketones is 1. The van der Waals surface area contributed by atoms with Crippen LogP contribution in [0.2, 0.25) is 5.02 Å². The van der Waals surface area contributed by atoms with Gasteiger partial charge in [0.1, 0.15) is 5.82 Å². The van der Waals surface area contributed by atoms with Crippen molar-refractivity contribution in [1.82, 2.24) is 14.9 Å². The van der Waals surface area contributed by atoms with E-state index in [4.69, 9.17) is 21.1 Å². The molecular weight excluding hydrogens is 669 g/mol. The van der Waals surface area contributed by atoms with E-state index in [1.807, 2.05) is 12.1 Å². The molecule has 3 atom stereocenters. The van der Waals surface area contributed by atoms with Crippen molar-refractivity contribution in [2.45, 2.75) is 73.4 Å². The summed E-state index contributed by atoms with van der Waals surface area (Å²) >= 11 is 6.21. The summed E-state index contributed by atoms with van der Waals surface area (Å²) in [6.07, 6.45) is 2.65. The first-order valence-electron chi connectivity index (χ1n) is 16.9. The quantitative estimate of drug-likeness (QED) is 0.250. The van der Waals surface area contributed by atoms with Crippen molar-refractivity contribution >= 4 is 33.5 Å². The molecule has 1 aliphatic carbocycles. The van der Waals surface area contributed by atoms with Gasteiger partial charge in [-0.1, -0.05) is 54.1 Å². The molecule has 262 valence electrons. The number of piperazine rings is 1. The average molecular weight is 712 g/mol. The van der Waals surface area contributed by atoms with Crippen LogP contribution in [-0.4, -0.2) is 75.6 Å². The molecule has 9 nitrogen and oxygen atoms in total. The Morgan fingerprint density at radius 3 is 2.45 bits per heavy atom. The van der Waals surface area contributed by atoms with E-state index < -0.39 is 45.5 Å². The number of sulfonamides is 1. The monoisotopic (exact) mass is 711 g/mol. The van der Waals surface area contributed by atoms with Crippen LogP contribution in [-0.2, 0) is 37.1 Å². The number of hydrogen-bond acceptors (Lipinski definition) is 7. The van der Waals surface area contributed by atoms with Gasteiger partial charge < -0.3 is 20.1 Å². The first-order valence-corrected chi connectivity index (χ1v) is 18.7. The van der Waals surface area contributed by atoms with Gasteiger partial charge in [-0.25, -0.2) is 17.6 Å². The summed E-state index contributed by atoms with van der Waals surface area (Å²) < 4.78 is 55.8. The number of halogens is 2. The Morgan fingerprint density at radius 1 is 1.06 bits per heavy atom. The van der Waals surface area contributed by atoms with Gasteiger partial charge in [0, 0.05) is 55.2 Å². The fourth-order valence-electron chi connectivity index (χ4n) is 7.65. The number of alkyl carbamates (subject to hydrolysis) is 1. The van der Waals surface area contributed by atoms with Crippen LogP contribution in [0.1, 0.15) is 54.7 Å². The molecule has 6 rings (SSSR count). The zero-order valence-corrected chi connectivity index (χ0v) is 29.1. The van der Waals surface area contributed by atoms with Crippen LogP contribution in [0.3, 0.4) is 0 Å². The number of nitrogens with one attached hydrogen (secondary N) is 2. The summed E-state index contributed by atoms with van der Waals surface area (Å²) in [5, 5.41) is 6.78. The molecule has 1 saturated carbocycles. The maximum Gasteiger partial charge on any atom is 0.407 e. The number of carbonyl (C=O) groups is 2. The van der Waals surface area contributed by atoms with Gasteiger partial charge in [-0.15, -0.1) is 0 Å². The third-order valence-electron chi connectivity index (χ3n) is 10.3. The summed E-state index contributed by atoms with van der Waals surface area (Å²) in [6.45, 7) is 2.09. The summed E-state index contributed by atoms with van der Waals surface area (Å²) in [6, 6.07) is 19.0. The zero-order chi connectivity index (χ0) is 34.6.